The number of amides is 1. The molecule has 4 rings (SSSR count). The smallest absolute Gasteiger partial charge is 0.271 e. The maximum atomic E-state index is 12.5. The predicted molar refractivity (Wildman–Crippen MR) is 127 cm³/mol. The number of nitrogens with zero attached hydrogens (tertiary/aromatic N) is 2. The summed E-state index contributed by atoms with van der Waals surface area (Å²) >= 11 is 4.86. The summed E-state index contributed by atoms with van der Waals surface area (Å²) in [6.07, 6.45) is 0. The van der Waals surface area contributed by atoms with Gasteiger partial charge in [0.25, 0.3) is 11.5 Å². The van der Waals surface area contributed by atoms with Crippen molar-refractivity contribution in [3.05, 3.63) is 111 Å². The summed E-state index contributed by atoms with van der Waals surface area (Å²) in [7, 11) is 0. The number of aromatic nitrogens is 2. The number of carbonyl (C=O) groups is 1. The summed E-state index contributed by atoms with van der Waals surface area (Å²) in [5.74, 6) is -0.224. The predicted octanol–water partition coefficient (Wildman–Crippen LogP) is 5.71. The van der Waals surface area contributed by atoms with E-state index < -0.39 is 0 Å². The van der Waals surface area contributed by atoms with Gasteiger partial charge in [-0.15, -0.1) is 0 Å². The first kappa shape index (κ1) is 21.1. The highest BCUT2D eigenvalue weighted by molar-refractivity contribution is 9.10. The lowest BCUT2D eigenvalue weighted by atomic mass is 10.2. The van der Waals surface area contributed by atoms with E-state index >= 15 is 0 Å². The average Bonchev–Trinajstić information content (AvgIpc) is 2.78. The third-order valence-corrected chi connectivity index (χ3v) is 5.96. The average molecular weight is 492 g/mol. The molecule has 0 bridgehead atoms. The molecule has 154 valence electrons. The van der Waals surface area contributed by atoms with E-state index in [0.29, 0.717) is 22.0 Å². The molecule has 4 aromatic rings. The summed E-state index contributed by atoms with van der Waals surface area (Å²) < 4.78 is 2.28. The number of hydrogen-bond donors (Lipinski definition) is 1. The van der Waals surface area contributed by atoms with Crippen molar-refractivity contribution in [3.8, 4) is 5.69 Å². The third kappa shape index (κ3) is 5.31. The summed E-state index contributed by atoms with van der Waals surface area (Å²) in [6.45, 7) is 2.04. The maximum Gasteiger partial charge on any atom is 0.271 e. The van der Waals surface area contributed by atoms with E-state index in [1.807, 2.05) is 55.5 Å². The minimum absolute atomic E-state index is 0.224. The second-order valence-corrected chi connectivity index (χ2v) is 8.85. The highest BCUT2D eigenvalue weighted by Crippen LogP contribution is 2.25. The minimum atomic E-state index is -0.236. The van der Waals surface area contributed by atoms with Crippen LogP contribution in [0.1, 0.15) is 15.9 Å². The molecule has 31 heavy (non-hydrogen) atoms. The molecular formula is C24H18BrN3O2S. The van der Waals surface area contributed by atoms with Gasteiger partial charge in [0, 0.05) is 26.7 Å². The van der Waals surface area contributed by atoms with Crippen LogP contribution < -0.4 is 10.9 Å². The molecule has 7 heteroatoms. The van der Waals surface area contributed by atoms with Crippen molar-refractivity contribution in [1.82, 2.24) is 9.78 Å². The Balaban J connectivity index is 1.52. The molecule has 1 amide bonds. The summed E-state index contributed by atoms with van der Waals surface area (Å²) in [4.78, 5) is 25.9. The molecule has 0 radical (unpaired) electrons. The first-order valence-corrected chi connectivity index (χ1v) is 11.1. The van der Waals surface area contributed by atoms with Gasteiger partial charge in [0.2, 0.25) is 0 Å². The van der Waals surface area contributed by atoms with Gasteiger partial charge in [-0.25, -0.2) is 0 Å². The molecular weight excluding hydrogens is 474 g/mol. The van der Waals surface area contributed by atoms with Gasteiger partial charge in [0.1, 0.15) is 5.03 Å². The molecule has 3 aromatic carbocycles. The zero-order valence-corrected chi connectivity index (χ0v) is 19.0. The molecule has 0 aliphatic heterocycles. The van der Waals surface area contributed by atoms with Crippen LogP contribution in [0.3, 0.4) is 0 Å². The van der Waals surface area contributed by atoms with Crippen molar-refractivity contribution in [2.45, 2.75) is 16.8 Å². The number of nitrogens with one attached hydrogen (secondary N) is 1. The minimum Gasteiger partial charge on any atom is -0.322 e. The van der Waals surface area contributed by atoms with Gasteiger partial charge < -0.3 is 5.32 Å². The zero-order chi connectivity index (χ0) is 21.8. The number of aryl methyl sites for hydroxylation is 1. The molecule has 0 saturated heterocycles. The van der Waals surface area contributed by atoms with E-state index in [2.05, 4.69) is 26.3 Å². The molecule has 5 nitrogen and oxygen atoms in total. The monoisotopic (exact) mass is 491 g/mol. The summed E-state index contributed by atoms with van der Waals surface area (Å²) in [5.41, 5.74) is 2.74. The largest absolute Gasteiger partial charge is 0.322 e. The lowest BCUT2D eigenvalue weighted by Gasteiger charge is -2.09. The second-order valence-electron chi connectivity index (χ2n) is 6.84. The Morgan fingerprint density at radius 2 is 1.58 bits per heavy atom. The highest BCUT2D eigenvalue weighted by Gasteiger charge is 2.09. The molecule has 0 atom stereocenters. The lowest BCUT2D eigenvalue weighted by Crippen LogP contribution is -2.20. The SMILES string of the molecule is Cc1ccc(Sc2ccc(=O)n(-c3ccc(C(=O)Nc4ccc(Br)cc4)cc3)n2)cc1. The maximum absolute atomic E-state index is 12.5. The van der Waals surface area contributed by atoms with Gasteiger partial charge >= 0.3 is 0 Å². The fourth-order valence-corrected chi connectivity index (χ4v) is 3.89. The molecule has 0 spiro atoms. The first-order valence-electron chi connectivity index (χ1n) is 9.50. The van der Waals surface area contributed by atoms with Crippen molar-refractivity contribution in [1.29, 1.82) is 0 Å². The van der Waals surface area contributed by atoms with Gasteiger partial charge in [0.05, 0.1) is 5.69 Å². The number of rotatable bonds is 5. The molecule has 0 fully saturated rings. The Hall–Kier alpha value is -3.16. The van der Waals surface area contributed by atoms with E-state index in [0.717, 1.165) is 9.37 Å². The Kier molecular flexibility index (Phi) is 6.34. The highest BCUT2D eigenvalue weighted by atomic mass is 79.9. The zero-order valence-electron chi connectivity index (χ0n) is 16.6. The fraction of sp³-hybridized carbons (Fsp3) is 0.0417. The van der Waals surface area contributed by atoms with Crippen LogP contribution in [-0.4, -0.2) is 15.7 Å². The summed E-state index contributed by atoms with van der Waals surface area (Å²) in [6, 6.07) is 25.5. The van der Waals surface area contributed by atoms with Crippen molar-refractivity contribution in [3.63, 3.8) is 0 Å². The number of halogens is 1. The number of hydrogen-bond acceptors (Lipinski definition) is 4. The molecule has 0 saturated carbocycles. The van der Waals surface area contributed by atoms with E-state index in [1.54, 1.807) is 30.3 Å². The van der Waals surface area contributed by atoms with E-state index in [4.69, 9.17) is 0 Å². The number of anilines is 1. The van der Waals surface area contributed by atoms with E-state index in [-0.39, 0.29) is 11.5 Å². The molecule has 1 N–H and O–H groups in total. The lowest BCUT2D eigenvalue weighted by molar-refractivity contribution is 0.102. The van der Waals surface area contributed by atoms with Crippen LogP contribution in [0, 0.1) is 6.92 Å². The van der Waals surface area contributed by atoms with E-state index in [9.17, 15) is 9.59 Å². The van der Waals surface area contributed by atoms with Crippen molar-refractivity contribution >= 4 is 39.3 Å². The van der Waals surface area contributed by atoms with Gasteiger partial charge in [-0.05, 0) is 73.7 Å². The van der Waals surface area contributed by atoms with Crippen LogP contribution in [0.25, 0.3) is 5.69 Å². The Bertz CT molecular complexity index is 1270. The normalized spacial score (nSPS) is 10.6. The third-order valence-electron chi connectivity index (χ3n) is 4.50. The van der Waals surface area contributed by atoms with Crippen LogP contribution in [0.2, 0.25) is 0 Å². The molecule has 1 aromatic heterocycles. The van der Waals surface area contributed by atoms with E-state index in [1.165, 1.54) is 28.1 Å². The Morgan fingerprint density at radius 3 is 2.26 bits per heavy atom. The van der Waals surface area contributed by atoms with Crippen LogP contribution in [0.5, 0.6) is 0 Å². The van der Waals surface area contributed by atoms with Crippen molar-refractivity contribution in [2.75, 3.05) is 5.32 Å². The first-order chi connectivity index (χ1) is 15.0. The number of carbonyl (C=O) groups excluding carboxylic acids is 1. The number of benzene rings is 3. The van der Waals surface area contributed by atoms with Gasteiger partial charge in [-0.2, -0.15) is 9.78 Å². The van der Waals surface area contributed by atoms with Crippen molar-refractivity contribution < 1.29 is 4.79 Å². The molecule has 1 heterocycles. The van der Waals surface area contributed by atoms with Gasteiger partial charge in [0.15, 0.2) is 0 Å². The van der Waals surface area contributed by atoms with Gasteiger partial charge in [-0.1, -0.05) is 45.4 Å². The van der Waals surface area contributed by atoms with Crippen LogP contribution in [-0.2, 0) is 0 Å². The quantitative estimate of drug-likeness (QED) is 0.388. The van der Waals surface area contributed by atoms with Gasteiger partial charge in [-0.3, -0.25) is 9.59 Å². The molecule has 0 unspecified atom stereocenters. The van der Waals surface area contributed by atoms with Crippen molar-refractivity contribution in [2.24, 2.45) is 0 Å². The summed E-state index contributed by atoms with van der Waals surface area (Å²) in [5, 5.41) is 8.03. The van der Waals surface area contributed by atoms with Crippen LogP contribution in [0.15, 0.2) is 104 Å². The molecule has 0 aliphatic rings. The fourth-order valence-electron chi connectivity index (χ4n) is 2.85. The standard InChI is InChI=1S/C24H18BrN3O2S/c1-16-2-12-21(13-3-16)31-22-14-15-23(29)28(27-22)20-10-4-17(5-11-20)24(30)26-19-8-6-18(25)7-9-19/h2-15H,1H3,(H,26,30). The molecule has 0 aliphatic carbocycles. The topological polar surface area (TPSA) is 64.0 Å². The van der Waals surface area contributed by atoms with Crippen LogP contribution >= 0.6 is 27.7 Å². The Morgan fingerprint density at radius 1 is 0.903 bits per heavy atom. The Labute approximate surface area is 192 Å². The van der Waals surface area contributed by atoms with Crippen LogP contribution in [0.4, 0.5) is 5.69 Å². The second kappa shape index (κ2) is 9.32.